The smallest absolute Gasteiger partial charge is 0.282 e. The van der Waals surface area contributed by atoms with Crippen LogP contribution in [0, 0.1) is 0 Å². The first-order chi connectivity index (χ1) is 6.69. The highest BCUT2D eigenvalue weighted by atomic mass is 16.5. The molecule has 4 nitrogen and oxygen atoms in total. The highest BCUT2D eigenvalue weighted by Crippen LogP contribution is 2.43. The highest BCUT2D eigenvalue weighted by molar-refractivity contribution is 5.73. The van der Waals surface area contributed by atoms with Crippen molar-refractivity contribution in [2.75, 3.05) is 13.7 Å². The molecule has 0 saturated carbocycles. The van der Waals surface area contributed by atoms with E-state index >= 15 is 0 Å². The summed E-state index contributed by atoms with van der Waals surface area (Å²) in [7, 11) is 2.23. The molecule has 3 rings (SSSR count). The summed E-state index contributed by atoms with van der Waals surface area (Å²) in [6.07, 6.45) is 4.89. The SMILES string of the molecule is CN1C2CCC1CC1(COC(N)=N1)C2. The van der Waals surface area contributed by atoms with E-state index in [-0.39, 0.29) is 5.54 Å². The predicted molar refractivity (Wildman–Crippen MR) is 54.1 cm³/mol. The van der Waals surface area contributed by atoms with E-state index in [1.807, 2.05) is 0 Å². The van der Waals surface area contributed by atoms with Crippen LogP contribution in [0.15, 0.2) is 4.99 Å². The Kier molecular flexibility index (Phi) is 1.60. The molecule has 2 atom stereocenters. The molecule has 2 fully saturated rings. The fourth-order valence-electron chi connectivity index (χ4n) is 3.26. The summed E-state index contributed by atoms with van der Waals surface area (Å²) in [6.45, 7) is 0.708. The number of aliphatic imine (C=N–C) groups is 1. The number of hydrogen-bond acceptors (Lipinski definition) is 4. The van der Waals surface area contributed by atoms with Gasteiger partial charge in [0.15, 0.2) is 0 Å². The average Bonchev–Trinajstić information content (AvgIpc) is 2.58. The van der Waals surface area contributed by atoms with E-state index in [1.165, 1.54) is 12.8 Å². The predicted octanol–water partition coefficient (Wildman–Crippen LogP) is 0.327. The first kappa shape index (κ1) is 8.53. The van der Waals surface area contributed by atoms with Crippen LogP contribution in [0.25, 0.3) is 0 Å². The minimum Gasteiger partial charge on any atom is -0.463 e. The van der Waals surface area contributed by atoms with Crippen molar-refractivity contribution < 1.29 is 4.74 Å². The van der Waals surface area contributed by atoms with Gasteiger partial charge >= 0.3 is 0 Å². The van der Waals surface area contributed by atoms with Gasteiger partial charge in [-0.1, -0.05) is 0 Å². The fourth-order valence-corrected chi connectivity index (χ4v) is 3.26. The number of ether oxygens (including phenoxy) is 1. The van der Waals surface area contributed by atoms with Crippen LogP contribution in [0.2, 0.25) is 0 Å². The third kappa shape index (κ3) is 1.06. The van der Waals surface area contributed by atoms with E-state index in [2.05, 4.69) is 16.9 Å². The van der Waals surface area contributed by atoms with Gasteiger partial charge in [-0.25, -0.2) is 4.99 Å². The lowest BCUT2D eigenvalue weighted by Crippen LogP contribution is -2.49. The molecule has 0 radical (unpaired) electrons. The van der Waals surface area contributed by atoms with E-state index in [9.17, 15) is 0 Å². The Hall–Kier alpha value is -0.770. The van der Waals surface area contributed by atoms with Crippen LogP contribution < -0.4 is 5.73 Å². The Morgan fingerprint density at radius 1 is 1.43 bits per heavy atom. The third-order valence-electron chi connectivity index (χ3n) is 4.05. The van der Waals surface area contributed by atoms with Crippen LogP contribution in [0.4, 0.5) is 0 Å². The molecule has 2 unspecified atom stereocenters. The van der Waals surface area contributed by atoms with Gasteiger partial charge in [0.1, 0.15) is 12.1 Å². The zero-order valence-electron chi connectivity index (χ0n) is 8.57. The molecule has 3 aliphatic rings. The maximum atomic E-state index is 5.60. The monoisotopic (exact) mass is 195 g/mol. The van der Waals surface area contributed by atoms with Crippen LogP contribution in [-0.2, 0) is 4.74 Å². The van der Waals surface area contributed by atoms with Crippen LogP contribution >= 0.6 is 0 Å². The van der Waals surface area contributed by atoms with Gasteiger partial charge in [-0.05, 0) is 32.7 Å². The zero-order valence-corrected chi connectivity index (χ0v) is 8.57. The van der Waals surface area contributed by atoms with Gasteiger partial charge in [0, 0.05) is 12.1 Å². The lowest BCUT2D eigenvalue weighted by Gasteiger charge is -2.40. The number of rotatable bonds is 0. The number of nitrogens with two attached hydrogens (primary N) is 1. The Morgan fingerprint density at radius 3 is 2.57 bits per heavy atom. The molecule has 1 spiro atoms. The highest BCUT2D eigenvalue weighted by Gasteiger charge is 2.49. The van der Waals surface area contributed by atoms with Gasteiger partial charge in [-0.3, -0.25) is 0 Å². The Morgan fingerprint density at radius 2 is 2.07 bits per heavy atom. The van der Waals surface area contributed by atoms with Crippen molar-refractivity contribution in [3.05, 3.63) is 0 Å². The summed E-state index contributed by atoms with van der Waals surface area (Å²) >= 11 is 0. The lowest BCUT2D eigenvalue weighted by molar-refractivity contribution is 0.0951. The second-order valence-electron chi connectivity index (χ2n) is 4.92. The molecule has 3 heterocycles. The molecule has 78 valence electrons. The number of hydrogen-bond donors (Lipinski definition) is 1. The summed E-state index contributed by atoms with van der Waals surface area (Å²) < 4.78 is 5.32. The maximum absolute atomic E-state index is 5.60. The van der Waals surface area contributed by atoms with Gasteiger partial charge in [-0.2, -0.15) is 0 Å². The molecule has 4 heteroatoms. The van der Waals surface area contributed by atoms with Gasteiger partial charge in [0.05, 0.1) is 0 Å². The molecule has 0 aliphatic carbocycles. The van der Waals surface area contributed by atoms with Crippen LogP contribution in [0.1, 0.15) is 25.7 Å². The quantitative estimate of drug-likeness (QED) is 0.606. The summed E-state index contributed by atoms with van der Waals surface area (Å²) in [5.41, 5.74) is 5.63. The second kappa shape index (κ2) is 2.63. The second-order valence-corrected chi connectivity index (χ2v) is 4.92. The lowest BCUT2D eigenvalue weighted by atomic mass is 9.84. The van der Waals surface area contributed by atoms with Crippen LogP contribution in [-0.4, -0.2) is 42.2 Å². The van der Waals surface area contributed by atoms with Crippen molar-refractivity contribution in [1.29, 1.82) is 0 Å². The Labute approximate surface area is 84.1 Å². The summed E-state index contributed by atoms with van der Waals surface area (Å²) in [6, 6.07) is 1.80. The van der Waals surface area contributed by atoms with Crippen molar-refractivity contribution in [3.63, 3.8) is 0 Å². The van der Waals surface area contributed by atoms with Crippen LogP contribution in [0.5, 0.6) is 0 Å². The molecule has 2 bridgehead atoms. The molecular weight excluding hydrogens is 178 g/mol. The molecular formula is C10H17N3O. The van der Waals surface area contributed by atoms with Crippen molar-refractivity contribution in [2.45, 2.75) is 43.3 Å². The molecule has 0 aromatic heterocycles. The van der Waals surface area contributed by atoms with E-state index in [1.54, 1.807) is 0 Å². The molecule has 14 heavy (non-hydrogen) atoms. The molecule has 0 amide bonds. The Balaban J connectivity index is 1.86. The minimum atomic E-state index is 0.0302. The van der Waals surface area contributed by atoms with E-state index < -0.39 is 0 Å². The molecule has 3 aliphatic heterocycles. The minimum absolute atomic E-state index is 0.0302. The molecule has 2 N–H and O–H groups in total. The topological polar surface area (TPSA) is 50.9 Å². The number of piperidine rings is 1. The number of fused-ring (bicyclic) bond motifs is 2. The van der Waals surface area contributed by atoms with Crippen molar-refractivity contribution in [3.8, 4) is 0 Å². The summed E-state index contributed by atoms with van der Waals surface area (Å²) in [4.78, 5) is 7.01. The van der Waals surface area contributed by atoms with E-state index in [0.29, 0.717) is 24.7 Å². The van der Waals surface area contributed by atoms with Crippen molar-refractivity contribution in [2.24, 2.45) is 10.7 Å². The van der Waals surface area contributed by atoms with Crippen molar-refractivity contribution in [1.82, 2.24) is 4.90 Å². The third-order valence-corrected chi connectivity index (χ3v) is 4.05. The van der Waals surface area contributed by atoms with Gasteiger partial charge in [-0.15, -0.1) is 0 Å². The van der Waals surface area contributed by atoms with E-state index in [4.69, 9.17) is 10.5 Å². The summed E-state index contributed by atoms with van der Waals surface area (Å²) in [5, 5.41) is 0. The van der Waals surface area contributed by atoms with Gasteiger partial charge in [0.25, 0.3) is 6.02 Å². The number of amidine groups is 1. The molecule has 2 saturated heterocycles. The standard InChI is InChI=1S/C10H17N3O/c1-13-7-2-3-8(13)5-10(4-7)6-14-9(11)12-10/h7-8H,2-6H2,1H3,(H2,11,12). The molecule has 0 aromatic rings. The van der Waals surface area contributed by atoms with E-state index in [0.717, 1.165) is 12.8 Å². The van der Waals surface area contributed by atoms with Gasteiger partial charge in [0.2, 0.25) is 0 Å². The average molecular weight is 195 g/mol. The largest absolute Gasteiger partial charge is 0.463 e. The summed E-state index contributed by atoms with van der Waals surface area (Å²) in [5.74, 6) is 0. The maximum Gasteiger partial charge on any atom is 0.282 e. The fraction of sp³-hybridized carbons (Fsp3) is 0.900. The first-order valence-corrected chi connectivity index (χ1v) is 5.39. The number of nitrogens with zero attached hydrogens (tertiary/aromatic N) is 2. The molecule has 0 aromatic carbocycles. The van der Waals surface area contributed by atoms with Crippen LogP contribution in [0.3, 0.4) is 0 Å². The Bertz CT molecular complexity index is 275. The first-order valence-electron chi connectivity index (χ1n) is 5.39. The zero-order chi connectivity index (χ0) is 9.76. The van der Waals surface area contributed by atoms with Crippen molar-refractivity contribution >= 4 is 6.02 Å². The normalized spacial score (nSPS) is 46.8. The van der Waals surface area contributed by atoms with Gasteiger partial charge < -0.3 is 15.4 Å².